The summed E-state index contributed by atoms with van der Waals surface area (Å²) in [6.45, 7) is 16.6. The van der Waals surface area contributed by atoms with Crippen molar-refractivity contribution in [2.24, 2.45) is 5.92 Å². The molecule has 1 saturated heterocycles. The lowest BCUT2D eigenvalue weighted by Gasteiger charge is -2.36. The van der Waals surface area contributed by atoms with Crippen molar-refractivity contribution in [2.75, 3.05) is 6.61 Å². The molecule has 29 heavy (non-hydrogen) atoms. The lowest BCUT2D eigenvalue weighted by Crippen LogP contribution is -2.40. The van der Waals surface area contributed by atoms with Crippen molar-refractivity contribution < 1.29 is 9.16 Å². The Hall–Kier alpha value is -1.75. The molecule has 0 N–H and O–H groups in total. The Labute approximate surface area is 175 Å². The highest BCUT2D eigenvalue weighted by molar-refractivity contribution is 6.74. The average Bonchev–Trinajstić information content (AvgIpc) is 3.03. The minimum atomic E-state index is -1.91. The predicted molar refractivity (Wildman–Crippen MR) is 118 cm³/mol. The van der Waals surface area contributed by atoms with Gasteiger partial charge in [-0.15, -0.1) is 0 Å². The summed E-state index contributed by atoms with van der Waals surface area (Å²) in [5.41, 5.74) is 2.20. The lowest BCUT2D eigenvalue weighted by molar-refractivity contribution is -0.0327. The molecule has 1 fully saturated rings. The molecule has 0 amide bonds. The van der Waals surface area contributed by atoms with Crippen molar-refractivity contribution in [2.45, 2.75) is 84.8 Å². The van der Waals surface area contributed by atoms with Gasteiger partial charge in [0.1, 0.15) is 29.6 Å². The molecule has 7 heteroatoms. The van der Waals surface area contributed by atoms with Gasteiger partial charge in [-0.05, 0) is 43.3 Å². The fourth-order valence-corrected chi connectivity index (χ4v) is 3.97. The largest absolute Gasteiger partial charge is 0.409 e. The van der Waals surface area contributed by atoms with Crippen LogP contribution in [-0.2, 0) is 15.8 Å². The molecule has 2 aromatic heterocycles. The van der Waals surface area contributed by atoms with Gasteiger partial charge in [-0.1, -0.05) is 40.5 Å². The first-order valence-electron chi connectivity index (χ1n) is 10.6. The van der Waals surface area contributed by atoms with Crippen LogP contribution in [0.3, 0.4) is 0 Å². The first kappa shape index (κ1) is 21.9. The van der Waals surface area contributed by atoms with Gasteiger partial charge >= 0.3 is 0 Å². The van der Waals surface area contributed by atoms with E-state index < -0.39 is 8.32 Å². The van der Waals surface area contributed by atoms with Crippen LogP contribution in [0.4, 0.5) is 0 Å². The molecule has 0 radical (unpaired) electrons. The molecule has 1 aliphatic heterocycles. The fourth-order valence-electron chi connectivity index (χ4n) is 3.05. The van der Waals surface area contributed by atoms with E-state index in [0.29, 0.717) is 12.3 Å². The summed E-state index contributed by atoms with van der Waals surface area (Å²) in [6, 6.07) is 0. The molecular weight excluding hydrogens is 380 g/mol. The minimum absolute atomic E-state index is 0.0624. The summed E-state index contributed by atoms with van der Waals surface area (Å²) < 4.78 is 14.7. The third kappa shape index (κ3) is 4.88. The van der Waals surface area contributed by atoms with Crippen LogP contribution in [-0.4, -0.2) is 34.4 Å². The van der Waals surface area contributed by atoms with Gasteiger partial charge in [0.15, 0.2) is 14.0 Å². The van der Waals surface area contributed by atoms with Gasteiger partial charge < -0.3 is 9.16 Å². The molecule has 3 heterocycles. The summed E-state index contributed by atoms with van der Waals surface area (Å²) >= 11 is 0. The Balaban J connectivity index is 2.05. The second kappa shape index (κ2) is 8.55. The van der Waals surface area contributed by atoms with E-state index in [-0.39, 0.29) is 17.2 Å². The Kier molecular flexibility index (Phi) is 6.47. The summed E-state index contributed by atoms with van der Waals surface area (Å²) in [4.78, 5) is 13.9. The maximum atomic E-state index is 6.49. The predicted octanol–water partition coefficient (Wildman–Crippen LogP) is 5.05. The topological polar surface area (TPSA) is 62.1 Å². The van der Waals surface area contributed by atoms with Crippen LogP contribution in [0.2, 0.25) is 18.1 Å². The van der Waals surface area contributed by atoms with Gasteiger partial charge in [0.25, 0.3) is 0 Å². The zero-order valence-corrected chi connectivity index (χ0v) is 19.9. The SMILES string of the molecule is CC(C)C#Cc1ncnc2c1nc(CO[Si](C)(C)C(C)(C)C)n2C1CCCCO1. The van der Waals surface area contributed by atoms with E-state index in [1.807, 2.05) is 0 Å². The van der Waals surface area contributed by atoms with Crippen molar-refractivity contribution in [3.63, 3.8) is 0 Å². The second-order valence-corrected chi connectivity index (χ2v) is 14.4. The van der Waals surface area contributed by atoms with Gasteiger partial charge in [-0.3, -0.25) is 4.57 Å². The van der Waals surface area contributed by atoms with Crippen molar-refractivity contribution in [1.29, 1.82) is 0 Å². The molecule has 2 aromatic rings. The highest BCUT2D eigenvalue weighted by atomic mass is 28.4. The maximum Gasteiger partial charge on any atom is 0.192 e. The summed E-state index contributed by atoms with van der Waals surface area (Å²) in [5.74, 6) is 7.49. The zero-order chi connectivity index (χ0) is 21.2. The fraction of sp³-hybridized carbons (Fsp3) is 0.682. The number of aromatic nitrogens is 4. The molecule has 3 rings (SSSR count). The molecular formula is C22H34N4O2Si. The molecule has 6 nitrogen and oxygen atoms in total. The number of nitrogens with zero attached hydrogens (tertiary/aromatic N) is 4. The number of imidazole rings is 1. The van der Waals surface area contributed by atoms with E-state index in [2.05, 4.69) is 74.1 Å². The van der Waals surface area contributed by atoms with Gasteiger partial charge in [0.2, 0.25) is 0 Å². The lowest BCUT2D eigenvalue weighted by atomic mass is 10.2. The van der Waals surface area contributed by atoms with Crippen LogP contribution in [0, 0.1) is 17.8 Å². The van der Waals surface area contributed by atoms with E-state index in [4.69, 9.17) is 14.1 Å². The van der Waals surface area contributed by atoms with E-state index in [9.17, 15) is 0 Å². The molecule has 0 saturated carbocycles. The summed E-state index contributed by atoms with van der Waals surface area (Å²) in [7, 11) is -1.91. The van der Waals surface area contributed by atoms with Gasteiger partial charge in [0.05, 0.1) is 6.61 Å². The third-order valence-electron chi connectivity index (χ3n) is 5.84. The van der Waals surface area contributed by atoms with Crippen LogP contribution in [0.5, 0.6) is 0 Å². The van der Waals surface area contributed by atoms with E-state index in [1.165, 1.54) is 0 Å². The van der Waals surface area contributed by atoms with Crippen LogP contribution < -0.4 is 0 Å². The monoisotopic (exact) mass is 414 g/mol. The van der Waals surface area contributed by atoms with Crippen LogP contribution in [0.25, 0.3) is 11.2 Å². The van der Waals surface area contributed by atoms with Crippen LogP contribution in [0.1, 0.15) is 71.6 Å². The maximum absolute atomic E-state index is 6.49. The third-order valence-corrected chi connectivity index (χ3v) is 10.3. The molecule has 0 bridgehead atoms. The van der Waals surface area contributed by atoms with Crippen molar-refractivity contribution in [1.82, 2.24) is 19.5 Å². The first-order chi connectivity index (χ1) is 13.6. The van der Waals surface area contributed by atoms with Gasteiger partial charge in [-0.2, -0.15) is 0 Å². The number of hydrogen-bond acceptors (Lipinski definition) is 5. The molecule has 1 unspecified atom stereocenters. The number of ether oxygens (including phenoxy) is 1. The Bertz CT molecular complexity index is 913. The molecule has 158 valence electrons. The Morgan fingerprint density at radius 1 is 1.28 bits per heavy atom. The molecule has 1 aliphatic rings. The summed E-state index contributed by atoms with van der Waals surface area (Å²) in [6.07, 6.45) is 4.70. The van der Waals surface area contributed by atoms with Gasteiger partial charge in [0, 0.05) is 12.5 Å². The normalized spacial score (nSPS) is 18.1. The minimum Gasteiger partial charge on any atom is -0.409 e. The molecule has 0 spiro atoms. The van der Waals surface area contributed by atoms with Crippen molar-refractivity contribution in [3.8, 4) is 11.8 Å². The van der Waals surface area contributed by atoms with E-state index in [1.54, 1.807) is 6.33 Å². The van der Waals surface area contributed by atoms with E-state index >= 15 is 0 Å². The Morgan fingerprint density at radius 3 is 2.66 bits per heavy atom. The van der Waals surface area contributed by atoms with Crippen LogP contribution in [0.15, 0.2) is 6.33 Å². The Morgan fingerprint density at radius 2 is 2.03 bits per heavy atom. The number of rotatable bonds is 4. The highest BCUT2D eigenvalue weighted by Crippen LogP contribution is 2.37. The number of fused-ring (bicyclic) bond motifs is 1. The van der Waals surface area contributed by atoms with Crippen molar-refractivity contribution in [3.05, 3.63) is 17.8 Å². The van der Waals surface area contributed by atoms with E-state index in [0.717, 1.165) is 42.9 Å². The average molecular weight is 415 g/mol. The van der Waals surface area contributed by atoms with Gasteiger partial charge in [-0.25, -0.2) is 15.0 Å². The van der Waals surface area contributed by atoms with Crippen LogP contribution >= 0.6 is 0 Å². The standard InChI is InChI=1S/C22H34N4O2Si/c1-16(2)11-12-17-20-21(24-15-23-17)26(19-10-8-9-13-27-19)18(25-20)14-28-29(6,7)22(3,4)5/h15-16,19H,8-10,13-14H2,1-7H3. The highest BCUT2D eigenvalue weighted by Gasteiger charge is 2.38. The zero-order valence-electron chi connectivity index (χ0n) is 18.9. The second-order valence-electron chi connectivity index (χ2n) is 9.59. The first-order valence-corrected chi connectivity index (χ1v) is 13.5. The molecule has 0 aliphatic carbocycles. The quantitative estimate of drug-likeness (QED) is 0.517. The smallest absolute Gasteiger partial charge is 0.192 e. The van der Waals surface area contributed by atoms with Crippen molar-refractivity contribution >= 4 is 19.5 Å². The molecule has 0 aromatic carbocycles. The summed E-state index contributed by atoms with van der Waals surface area (Å²) in [5, 5.41) is 0.138. The molecule has 1 atom stereocenters. The number of hydrogen-bond donors (Lipinski definition) is 0.